The predicted molar refractivity (Wildman–Crippen MR) is 75.4 cm³/mol. The highest BCUT2D eigenvalue weighted by molar-refractivity contribution is 5.85. The number of hydrogen-bond donors (Lipinski definition) is 2. The first-order chi connectivity index (χ1) is 9.59. The normalized spacial score (nSPS) is 17.8. The number of fused-ring (bicyclic) bond motifs is 3. The summed E-state index contributed by atoms with van der Waals surface area (Å²) < 4.78 is 5.36. The summed E-state index contributed by atoms with van der Waals surface area (Å²) in [6, 6.07) is 5.18. The number of aliphatic hydroxyl groups excluding tert-OH is 2. The van der Waals surface area contributed by atoms with Crippen LogP contribution in [0, 0.1) is 6.92 Å². The molecule has 0 bridgehead atoms. The predicted octanol–water partition coefficient (Wildman–Crippen LogP) is 1.90. The third-order valence-corrected chi connectivity index (χ3v) is 3.96. The lowest BCUT2D eigenvalue weighted by molar-refractivity contribution is 0.0474. The molecule has 1 aromatic carbocycles. The van der Waals surface area contributed by atoms with Crippen molar-refractivity contribution in [3.8, 4) is 0 Å². The van der Waals surface area contributed by atoms with Crippen LogP contribution >= 0.6 is 0 Å². The molecule has 105 valence electrons. The standard InChI is InChI=1S/C16H17O4/c1-9(17)15(18)12-7-4-8-13-14(12)10-5-2-3-6-11(10)16(19)20-13/h4,7-9,15,17-18H,1-3,5-6H2. The van der Waals surface area contributed by atoms with Crippen LogP contribution in [0.25, 0.3) is 11.0 Å². The molecular weight excluding hydrogens is 256 g/mol. The van der Waals surface area contributed by atoms with Crippen LogP contribution in [0.3, 0.4) is 0 Å². The topological polar surface area (TPSA) is 70.7 Å². The molecule has 0 saturated carbocycles. The van der Waals surface area contributed by atoms with E-state index in [0.717, 1.165) is 30.2 Å². The summed E-state index contributed by atoms with van der Waals surface area (Å²) in [6.45, 7) is 3.46. The quantitative estimate of drug-likeness (QED) is 0.820. The van der Waals surface area contributed by atoms with Gasteiger partial charge in [-0.05, 0) is 49.8 Å². The zero-order valence-electron chi connectivity index (χ0n) is 11.1. The van der Waals surface area contributed by atoms with Crippen molar-refractivity contribution in [3.63, 3.8) is 0 Å². The smallest absolute Gasteiger partial charge is 0.339 e. The molecule has 0 aliphatic heterocycles. The van der Waals surface area contributed by atoms with Crippen molar-refractivity contribution >= 4 is 11.0 Å². The van der Waals surface area contributed by atoms with Gasteiger partial charge in [0.15, 0.2) is 0 Å². The summed E-state index contributed by atoms with van der Waals surface area (Å²) in [5, 5.41) is 20.4. The maximum atomic E-state index is 12.0. The van der Waals surface area contributed by atoms with E-state index in [4.69, 9.17) is 4.42 Å². The summed E-state index contributed by atoms with van der Waals surface area (Å²) in [6.07, 6.45) is 1.30. The van der Waals surface area contributed by atoms with Crippen LogP contribution in [-0.4, -0.2) is 16.3 Å². The number of aliphatic hydroxyl groups is 2. The number of hydrogen-bond acceptors (Lipinski definition) is 4. The Labute approximate surface area is 116 Å². The van der Waals surface area contributed by atoms with Crippen LogP contribution in [0.1, 0.15) is 35.6 Å². The minimum Gasteiger partial charge on any atom is -0.422 e. The van der Waals surface area contributed by atoms with E-state index in [9.17, 15) is 15.0 Å². The number of rotatable bonds is 2. The lowest BCUT2D eigenvalue weighted by Crippen LogP contribution is -2.19. The van der Waals surface area contributed by atoms with Gasteiger partial charge in [-0.3, -0.25) is 0 Å². The summed E-state index contributed by atoms with van der Waals surface area (Å²) in [5.74, 6) is 0. The molecule has 2 atom stereocenters. The highest BCUT2D eigenvalue weighted by Crippen LogP contribution is 2.32. The Kier molecular flexibility index (Phi) is 3.36. The van der Waals surface area contributed by atoms with Gasteiger partial charge in [-0.25, -0.2) is 4.79 Å². The maximum absolute atomic E-state index is 12.0. The van der Waals surface area contributed by atoms with E-state index in [-0.39, 0.29) is 5.63 Å². The molecule has 1 radical (unpaired) electrons. The van der Waals surface area contributed by atoms with Crippen LogP contribution in [0.2, 0.25) is 0 Å². The Morgan fingerprint density at radius 2 is 1.85 bits per heavy atom. The van der Waals surface area contributed by atoms with Gasteiger partial charge in [0.2, 0.25) is 0 Å². The molecule has 1 aromatic heterocycles. The lowest BCUT2D eigenvalue weighted by atomic mass is 9.87. The second-order valence-electron chi connectivity index (χ2n) is 5.29. The largest absolute Gasteiger partial charge is 0.422 e. The number of benzene rings is 1. The maximum Gasteiger partial charge on any atom is 0.339 e. The summed E-state index contributed by atoms with van der Waals surface area (Å²) in [7, 11) is 0. The molecule has 3 rings (SSSR count). The molecule has 0 spiro atoms. The molecule has 2 aromatic rings. The fraction of sp³-hybridized carbons (Fsp3) is 0.375. The molecule has 4 nitrogen and oxygen atoms in total. The van der Waals surface area contributed by atoms with Gasteiger partial charge in [-0.15, -0.1) is 0 Å². The van der Waals surface area contributed by atoms with E-state index in [0.29, 0.717) is 23.1 Å². The van der Waals surface area contributed by atoms with Crippen LogP contribution in [0.5, 0.6) is 0 Å². The second kappa shape index (κ2) is 5.04. The van der Waals surface area contributed by atoms with Gasteiger partial charge >= 0.3 is 5.63 Å². The second-order valence-corrected chi connectivity index (χ2v) is 5.29. The third-order valence-electron chi connectivity index (χ3n) is 3.96. The summed E-state index contributed by atoms with van der Waals surface area (Å²) >= 11 is 0. The molecule has 4 heteroatoms. The number of aryl methyl sites for hydroxylation is 1. The minimum absolute atomic E-state index is 0.283. The van der Waals surface area contributed by atoms with E-state index >= 15 is 0 Å². The van der Waals surface area contributed by atoms with E-state index in [1.807, 2.05) is 0 Å². The summed E-state index contributed by atoms with van der Waals surface area (Å²) in [5.41, 5.74) is 2.42. The molecule has 1 heterocycles. The minimum atomic E-state index is -1.12. The average Bonchev–Trinajstić information content (AvgIpc) is 2.46. The zero-order chi connectivity index (χ0) is 14.3. The Hall–Kier alpha value is -1.65. The van der Waals surface area contributed by atoms with Crippen molar-refractivity contribution in [2.45, 2.75) is 37.9 Å². The molecule has 1 aliphatic rings. The lowest BCUT2D eigenvalue weighted by Gasteiger charge is -2.21. The molecule has 20 heavy (non-hydrogen) atoms. The van der Waals surface area contributed by atoms with Crippen molar-refractivity contribution in [1.82, 2.24) is 0 Å². The van der Waals surface area contributed by atoms with Crippen molar-refractivity contribution < 1.29 is 14.6 Å². The van der Waals surface area contributed by atoms with E-state index in [2.05, 4.69) is 6.92 Å². The highest BCUT2D eigenvalue weighted by atomic mass is 16.4. The Balaban J connectivity index is 2.35. The van der Waals surface area contributed by atoms with E-state index in [1.54, 1.807) is 18.2 Å². The van der Waals surface area contributed by atoms with Gasteiger partial charge in [0.25, 0.3) is 0 Å². The molecule has 2 N–H and O–H groups in total. The molecule has 0 amide bonds. The van der Waals surface area contributed by atoms with E-state index in [1.165, 1.54) is 0 Å². The Bertz CT molecular complexity index is 699. The Morgan fingerprint density at radius 1 is 1.15 bits per heavy atom. The van der Waals surface area contributed by atoms with Crippen LogP contribution < -0.4 is 5.63 Å². The first kappa shape index (κ1) is 13.3. The SMILES string of the molecule is [CH2]C(O)C(O)c1cccc2oc(=O)c3c(c12)CCCC3. The van der Waals surface area contributed by atoms with Gasteiger partial charge in [-0.1, -0.05) is 12.1 Å². The monoisotopic (exact) mass is 273 g/mol. The van der Waals surface area contributed by atoms with Crippen LogP contribution in [0.4, 0.5) is 0 Å². The fourth-order valence-electron chi connectivity index (χ4n) is 2.98. The molecule has 2 unspecified atom stereocenters. The van der Waals surface area contributed by atoms with Crippen molar-refractivity contribution in [3.05, 3.63) is 52.2 Å². The molecule has 0 fully saturated rings. The molecule has 1 aliphatic carbocycles. The van der Waals surface area contributed by atoms with Crippen LogP contribution in [-0.2, 0) is 12.8 Å². The van der Waals surface area contributed by atoms with Gasteiger partial charge in [0, 0.05) is 10.9 Å². The van der Waals surface area contributed by atoms with Gasteiger partial charge < -0.3 is 14.6 Å². The van der Waals surface area contributed by atoms with Gasteiger partial charge in [0.1, 0.15) is 11.7 Å². The third kappa shape index (κ3) is 2.05. The Morgan fingerprint density at radius 3 is 2.55 bits per heavy atom. The first-order valence-electron chi connectivity index (χ1n) is 6.86. The van der Waals surface area contributed by atoms with Crippen molar-refractivity contribution in [2.75, 3.05) is 0 Å². The first-order valence-corrected chi connectivity index (χ1v) is 6.86. The summed E-state index contributed by atoms with van der Waals surface area (Å²) in [4.78, 5) is 12.0. The van der Waals surface area contributed by atoms with Gasteiger partial charge in [0.05, 0.1) is 6.10 Å². The van der Waals surface area contributed by atoms with Gasteiger partial charge in [-0.2, -0.15) is 0 Å². The average molecular weight is 273 g/mol. The zero-order valence-corrected chi connectivity index (χ0v) is 11.1. The van der Waals surface area contributed by atoms with E-state index < -0.39 is 12.2 Å². The fourth-order valence-corrected chi connectivity index (χ4v) is 2.98. The van der Waals surface area contributed by atoms with Crippen molar-refractivity contribution in [1.29, 1.82) is 0 Å². The molecule has 0 saturated heterocycles. The van der Waals surface area contributed by atoms with Crippen LogP contribution in [0.15, 0.2) is 27.4 Å². The van der Waals surface area contributed by atoms with Crippen molar-refractivity contribution in [2.24, 2.45) is 0 Å². The molecular formula is C16H17O4. The highest BCUT2D eigenvalue weighted by Gasteiger charge is 2.23.